The Morgan fingerprint density at radius 3 is 1.39 bits per heavy atom. The molecule has 6 N–H and O–H groups in total. The molecule has 0 aliphatic heterocycles. The second kappa shape index (κ2) is 17.2. The molecule has 0 radical (unpaired) electrons. The van der Waals surface area contributed by atoms with Gasteiger partial charge in [0.2, 0.25) is 0 Å². The number of phenols is 1. The number of nitrogens with zero attached hydrogens (tertiary/aromatic N) is 6. The molecule has 0 atom stereocenters. The first-order valence-corrected chi connectivity index (χ1v) is 24.4. The van der Waals surface area contributed by atoms with Gasteiger partial charge in [-0.05, 0) is 109 Å². The molecule has 334 valence electrons. The summed E-state index contributed by atoms with van der Waals surface area (Å²) in [5, 5.41) is 40.3. The number of para-hydroxylation sites is 1. The van der Waals surface area contributed by atoms with Crippen LogP contribution < -0.4 is 5.32 Å². The minimum absolute atomic E-state index is 0.00560. The van der Waals surface area contributed by atoms with Crippen molar-refractivity contribution in [3.63, 3.8) is 0 Å². The predicted molar refractivity (Wildman–Crippen MR) is 241 cm³/mol. The highest BCUT2D eigenvalue weighted by atomic mass is 32.2. The van der Waals surface area contributed by atoms with Crippen molar-refractivity contribution >= 4 is 118 Å². The Labute approximate surface area is 374 Å². The first-order chi connectivity index (χ1) is 31.1. The van der Waals surface area contributed by atoms with E-state index in [2.05, 4.69) is 36.0 Å². The minimum atomic E-state index is -5.02. The summed E-state index contributed by atoms with van der Waals surface area (Å²) in [5.41, 5.74) is 0.765. The van der Waals surface area contributed by atoms with Gasteiger partial charge in [0, 0.05) is 38.3 Å². The lowest BCUT2D eigenvalue weighted by molar-refractivity contribution is 0.472. The van der Waals surface area contributed by atoms with Crippen molar-refractivity contribution in [2.75, 3.05) is 5.32 Å². The number of azo groups is 3. The lowest BCUT2D eigenvalue weighted by Crippen LogP contribution is -1.99. The molecule has 24 heteroatoms. The number of nitrogens with one attached hydrogen (secondary N) is 1. The molecule has 0 heterocycles. The first kappa shape index (κ1) is 45.2. The third-order valence-corrected chi connectivity index (χ3v) is 13.2. The standard InChI is InChI=1S/C42H29N7O13S4/c50-42-31-12-9-26(43-25-5-2-1-3-6-25)19-24(31)20-40(66(60,61)62)41(42)49-48-37-16-18-39(35-23-30(65(57,58)59)11-14-33(35)37)47-46-36-15-17-38(34-22-29(64(54,55)56)10-13-32(34)36)45-44-27-7-4-8-28(21-27)63(51,52)53/h1-23,43,50H,(H,51,52,53)(H,54,55,56)(H,57,58,59)(H,60,61,62). The molecule has 0 saturated heterocycles. The smallest absolute Gasteiger partial charge is 0.296 e. The van der Waals surface area contributed by atoms with Crippen LogP contribution in [0.1, 0.15) is 0 Å². The maximum Gasteiger partial charge on any atom is 0.296 e. The fraction of sp³-hybridized carbons (Fsp3) is 0. The Balaban J connectivity index is 1.20. The molecule has 66 heavy (non-hydrogen) atoms. The molecule has 0 bridgehead atoms. The van der Waals surface area contributed by atoms with Gasteiger partial charge in [-0.25, -0.2) is 0 Å². The summed E-state index contributed by atoms with van der Waals surface area (Å²) in [6.45, 7) is 0. The Bertz CT molecular complexity index is 3870. The van der Waals surface area contributed by atoms with Gasteiger partial charge >= 0.3 is 0 Å². The SMILES string of the molecule is O=S(=O)(O)c1cccc(N=Nc2ccc(N=Nc3ccc(N=Nc4c(S(=O)(=O)O)cc5cc(Nc6ccccc6)ccc5c4O)c4ccc(S(=O)(=O)O)cc34)c3ccc(S(=O)(=O)O)cc23)c1. The van der Waals surface area contributed by atoms with Crippen molar-refractivity contribution in [1.29, 1.82) is 0 Å². The highest BCUT2D eigenvalue weighted by Gasteiger charge is 2.23. The van der Waals surface area contributed by atoms with E-state index in [0.29, 0.717) is 5.69 Å². The van der Waals surface area contributed by atoms with Crippen molar-refractivity contribution in [3.05, 3.63) is 140 Å². The number of benzene rings is 8. The zero-order chi connectivity index (χ0) is 47.2. The Hall–Kier alpha value is -7.42. The second-order valence-corrected chi connectivity index (χ2v) is 19.8. The van der Waals surface area contributed by atoms with E-state index < -0.39 is 71.5 Å². The van der Waals surface area contributed by atoms with Crippen LogP contribution in [0, 0.1) is 0 Å². The predicted octanol–water partition coefficient (Wildman–Crippen LogP) is 10.8. The van der Waals surface area contributed by atoms with Crippen molar-refractivity contribution < 1.29 is 57.0 Å². The van der Waals surface area contributed by atoms with Crippen LogP contribution in [0.2, 0.25) is 0 Å². The van der Waals surface area contributed by atoms with E-state index in [4.69, 9.17) is 0 Å². The van der Waals surface area contributed by atoms with Crippen LogP contribution in [0.15, 0.2) is 190 Å². The molecule has 0 spiro atoms. The third-order valence-electron chi connectivity index (χ3n) is 9.78. The fourth-order valence-corrected chi connectivity index (χ4v) is 8.89. The summed E-state index contributed by atoms with van der Waals surface area (Å²) in [6.07, 6.45) is 0. The largest absolute Gasteiger partial charge is 0.505 e. The van der Waals surface area contributed by atoms with Crippen molar-refractivity contribution in [2.45, 2.75) is 19.6 Å². The maximum absolute atomic E-state index is 12.7. The number of hydrogen-bond donors (Lipinski definition) is 6. The summed E-state index contributed by atoms with van der Waals surface area (Å²) in [5.74, 6) is -0.631. The highest BCUT2D eigenvalue weighted by molar-refractivity contribution is 7.86. The molecule has 20 nitrogen and oxygen atoms in total. The van der Waals surface area contributed by atoms with E-state index in [1.54, 1.807) is 12.1 Å². The van der Waals surface area contributed by atoms with Crippen LogP contribution in [-0.2, 0) is 40.5 Å². The molecule has 8 aromatic rings. The molecule has 8 aromatic carbocycles. The summed E-state index contributed by atoms with van der Waals surface area (Å²) < 4.78 is 137. The van der Waals surface area contributed by atoms with Gasteiger partial charge in [0.1, 0.15) is 10.6 Å². The van der Waals surface area contributed by atoms with Gasteiger partial charge in [0.25, 0.3) is 40.5 Å². The maximum atomic E-state index is 12.7. The van der Waals surface area contributed by atoms with Crippen LogP contribution in [-0.4, -0.2) is 57.0 Å². The van der Waals surface area contributed by atoms with Crippen LogP contribution in [0.5, 0.6) is 5.75 Å². The Kier molecular flexibility index (Phi) is 11.8. The van der Waals surface area contributed by atoms with Crippen molar-refractivity contribution in [1.82, 2.24) is 0 Å². The normalized spacial score (nSPS) is 12.9. The molecule has 0 aliphatic rings. The van der Waals surface area contributed by atoms with Gasteiger partial charge in [0.15, 0.2) is 5.75 Å². The van der Waals surface area contributed by atoms with Gasteiger partial charge < -0.3 is 10.4 Å². The number of hydrogen-bond acceptors (Lipinski definition) is 16. The van der Waals surface area contributed by atoms with Gasteiger partial charge in [0.05, 0.1) is 43.1 Å². The Morgan fingerprint density at radius 1 is 0.379 bits per heavy atom. The summed E-state index contributed by atoms with van der Waals surface area (Å²) in [6, 6.07) is 32.1. The lowest BCUT2D eigenvalue weighted by atomic mass is 10.1. The van der Waals surface area contributed by atoms with Crippen molar-refractivity contribution in [2.24, 2.45) is 30.7 Å². The van der Waals surface area contributed by atoms with Crippen LogP contribution in [0.4, 0.5) is 45.5 Å². The summed E-state index contributed by atoms with van der Waals surface area (Å²) in [4.78, 5) is -2.30. The average Bonchev–Trinajstić information content (AvgIpc) is 3.26. The zero-order valence-electron chi connectivity index (χ0n) is 33.1. The number of aromatic hydroxyl groups is 1. The second-order valence-electron chi connectivity index (χ2n) is 14.1. The van der Waals surface area contributed by atoms with Gasteiger partial charge in [-0.1, -0.05) is 36.4 Å². The molecule has 0 aliphatic carbocycles. The third kappa shape index (κ3) is 9.65. The van der Waals surface area contributed by atoms with Gasteiger partial charge in [-0.2, -0.15) is 38.8 Å². The molecule has 0 fully saturated rings. The molecule has 0 unspecified atom stereocenters. The molecule has 0 amide bonds. The quantitative estimate of drug-likeness (QED) is 0.0490. The molecular weight excluding hydrogens is 939 g/mol. The zero-order valence-corrected chi connectivity index (χ0v) is 36.4. The molecule has 0 saturated carbocycles. The topological polar surface area (TPSA) is 324 Å². The molecule has 8 rings (SSSR count). The molecular formula is C42H29N7O13S4. The van der Waals surface area contributed by atoms with E-state index in [-0.39, 0.29) is 60.8 Å². The van der Waals surface area contributed by atoms with E-state index in [1.165, 1.54) is 54.6 Å². The number of rotatable bonds is 12. The average molecular weight is 968 g/mol. The van der Waals surface area contributed by atoms with Gasteiger partial charge in [-0.3, -0.25) is 18.2 Å². The van der Waals surface area contributed by atoms with E-state index >= 15 is 0 Å². The van der Waals surface area contributed by atoms with E-state index in [0.717, 1.165) is 48.2 Å². The monoisotopic (exact) mass is 967 g/mol. The van der Waals surface area contributed by atoms with Crippen molar-refractivity contribution in [3.8, 4) is 5.75 Å². The molecule has 0 aromatic heterocycles. The lowest BCUT2D eigenvalue weighted by Gasteiger charge is -2.12. The Morgan fingerprint density at radius 2 is 0.864 bits per heavy atom. The number of fused-ring (bicyclic) bond motifs is 3. The highest BCUT2D eigenvalue weighted by Crippen LogP contribution is 2.44. The van der Waals surface area contributed by atoms with E-state index in [9.17, 15) is 57.0 Å². The van der Waals surface area contributed by atoms with Gasteiger partial charge in [-0.15, -0.1) is 25.6 Å². The van der Waals surface area contributed by atoms with Crippen LogP contribution in [0.25, 0.3) is 32.3 Å². The fourth-order valence-electron chi connectivity index (χ4n) is 6.70. The number of phenolic OH excluding ortho intramolecular Hbond substituents is 1. The van der Waals surface area contributed by atoms with E-state index in [1.807, 2.05) is 30.3 Å². The first-order valence-electron chi connectivity index (χ1n) is 18.6. The van der Waals surface area contributed by atoms with Crippen LogP contribution >= 0.6 is 0 Å². The summed E-state index contributed by atoms with van der Waals surface area (Å²) >= 11 is 0. The summed E-state index contributed by atoms with van der Waals surface area (Å²) in [7, 11) is -19.1. The number of anilines is 2. The minimum Gasteiger partial charge on any atom is -0.505 e. The van der Waals surface area contributed by atoms with Crippen LogP contribution in [0.3, 0.4) is 0 Å².